The number of hydrogen-bond donors (Lipinski definition) is 0. The van der Waals surface area contributed by atoms with Crippen molar-refractivity contribution in [1.82, 2.24) is 14.5 Å². The van der Waals surface area contributed by atoms with Crippen LogP contribution in [0.4, 0.5) is 10.6 Å². The van der Waals surface area contributed by atoms with Gasteiger partial charge in [-0.2, -0.15) is 0 Å². The topological polar surface area (TPSA) is 60.3 Å². The molecule has 0 atom stereocenters. The molecule has 4 rings (SSSR count). The summed E-state index contributed by atoms with van der Waals surface area (Å²) >= 11 is 0. The summed E-state index contributed by atoms with van der Waals surface area (Å²) in [5.41, 5.74) is 5.63. The van der Waals surface area contributed by atoms with E-state index >= 15 is 0 Å². The lowest BCUT2D eigenvalue weighted by Gasteiger charge is -2.19. The van der Waals surface area contributed by atoms with Gasteiger partial charge in [-0.3, -0.25) is 4.90 Å². The smallest absolute Gasteiger partial charge is 0.415 e. The molecule has 0 fully saturated rings. The van der Waals surface area contributed by atoms with E-state index < -0.39 is 6.09 Å². The molecule has 0 unspecified atom stereocenters. The molecule has 2 heterocycles. The number of carbonyl (C=O) groups is 1. The van der Waals surface area contributed by atoms with Gasteiger partial charge in [0, 0.05) is 25.7 Å². The van der Waals surface area contributed by atoms with Gasteiger partial charge in [0.25, 0.3) is 0 Å². The molecule has 6 nitrogen and oxygen atoms in total. The molecule has 31 heavy (non-hydrogen) atoms. The number of hydrogen-bond acceptors (Lipinski definition) is 4. The standard InChI is InChI=1S/C25H26N4O2/c1-17(2)19-12-8-9-13-20(19)23-24-21(28(3)16-26-24)14-22(27-23)29(4)25(30)31-15-18-10-6-5-7-11-18/h5-14,16-17H,15H2,1-4H3. The molecular formula is C25H26N4O2. The Bertz CT molecular complexity index is 1210. The minimum Gasteiger partial charge on any atom is -0.444 e. The maximum Gasteiger partial charge on any atom is 0.415 e. The summed E-state index contributed by atoms with van der Waals surface area (Å²) in [6.45, 7) is 4.53. The van der Waals surface area contributed by atoms with Gasteiger partial charge in [-0.1, -0.05) is 68.4 Å². The molecule has 0 aliphatic rings. The van der Waals surface area contributed by atoms with Gasteiger partial charge in [0.15, 0.2) is 0 Å². The molecule has 0 bridgehead atoms. The van der Waals surface area contributed by atoms with Crippen LogP contribution in [0.5, 0.6) is 0 Å². The van der Waals surface area contributed by atoms with Crippen LogP contribution in [-0.4, -0.2) is 27.7 Å². The van der Waals surface area contributed by atoms with Crippen molar-refractivity contribution in [2.24, 2.45) is 7.05 Å². The van der Waals surface area contributed by atoms with E-state index in [-0.39, 0.29) is 6.61 Å². The van der Waals surface area contributed by atoms with Crippen LogP contribution in [0.3, 0.4) is 0 Å². The molecule has 0 aliphatic carbocycles. The van der Waals surface area contributed by atoms with Crippen LogP contribution in [0, 0.1) is 0 Å². The third-order valence-corrected chi connectivity index (χ3v) is 5.36. The summed E-state index contributed by atoms with van der Waals surface area (Å²) in [6.07, 6.45) is 1.31. The van der Waals surface area contributed by atoms with Gasteiger partial charge in [0.05, 0.1) is 11.8 Å². The normalized spacial score (nSPS) is 11.1. The molecule has 0 N–H and O–H groups in total. The van der Waals surface area contributed by atoms with E-state index in [0.717, 1.165) is 27.9 Å². The third-order valence-electron chi connectivity index (χ3n) is 5.36. The average molecular weight is 415 g/mol. The molecule has 6 heteroatoms. The first-order valence-corrected chi connectivity index (χ1v) is 10.3. The van der Waals surface area contributed by atoms with Crippen LogP contribution in [0.15, 0.2) is 67.0 Å². The Balaban J connectivity index is 1.72. The van der Waals surface area contributed by atoms with Crippen LogP contribution >= 0.6 is 0 Å². The highest BCUT2D eigenvalue weighted by Crippen LogP contribution is 2.34. The molecular weight excluding hydrogens is 388 g/mol. The molecule has 2 aromatic carbocycles. The number of pyridine rings is 1. The van der Waals surface area contributed by atoms with Gasteiger partial charge in [-0.05, 0) is 17.0 Å². The molecule has 0 saturated heterocycles. The van der Waals surface area contributed by atoms with Crippen LogP contribution in [0.1, 0.15) is 30.9 Å². The second-order valence-electron chi connectivity index (χ2n) is 7.89. The van der Waals surface area contributed by atoms with Crippen molar-refractivity contribution >= 4 is 22.9 Å². The first-order chi connectivity index (χ1) is 15.0. The van der Waals surface area contributed by atoms with Crippen molar-refractivity contribution in [1.29, 1.82) is 0 Å². The van der Waals surface area contributed by atoms with E-state index in [1.807, 2.05) is 60.1 Å². The molecule has 4 aromatic rings. The van der Waals surface area contributed by atoms with E-state index in [4.69, 9.17) is 9.72 Å². The molecule has 0 spiro atoms. The van der Waals surface area contributed by atoms with Crippen molar-refractivity contribution in [3.63, 3.8) is 0 Å². The van der Waals surface area contributed by atoms with Gasteiger partial charge < -0.3 is 9.30 Å². The number of ether oxygens (including phenoxy) is 1. The van der Waals surface area contributed by atoms with Crippen molar-refractivity contribution in [2.45, 2.75) is 26.4 Å². The maximum atomic E-state index is 12.7. The van der Waals surface area contributed by atoms with Crippen molar-refractivity contribution in [2.75, 3.05) is 11.9 Å². The Kier molecular flexibility index (Phi) is 5.71. The minimum absolute atomic E-state index is 0.209. The van der Waals surface area contributed by atoms with Gasteiger partial charge in [-0.25, -0.2) is 14.8 Å². The second kappa shape index (κ2) is 8.60. The lowest BCUT2D eigenvalue weighted by atomic mass is 9.94. The summed E-state index contributed by atoms with van der Waals surface area (Å²) in [4.78, 5) is 23.6. The van der Waals surface area contributed by atoms with Crippen molar-refractivity contribution < 1.29 is 9.53 Å². The Hall–Kier alpha value is -3.67. The Morgan fingerprint density at radius 3 is 2.55 bits per heavy atom. The molecule has 0 radical (unpaired) electrons. The third kappa shape index (κ3) is 4.14. The first-order valence-electron chi connectivity index (χ1n) is 10.3. The molecule has 1 amide bonds. The lowest BCUT2D eigenvalue weighted by Crippen LogP contribution is -2.28. The van der Waals surface area contributed by atoms with E-state index in [1.54, 1.807) is 13.4 Å². The minimum atomic E-state index is -0.457. The number of carbonyl (C=O) groups excluding carboxylic acids is 1. The number of imidazole rings is 1. The van der Waals surface area contributed by atoms with Crippen LogP contribution in [0.2, 0.25) is 0 Å². The highest BCUT2D eigenvalue weighted by molar-refractivity contribution is 5.95. The van der Waals surface area contributed by atoms with Gasteiger partial charge in [0.1, 0.15) is 23.6 Å². The number of aromatic nitrogens is 3. The fraction of sp³-hybridized carbons (Fsp3) is 0.240. The second-order valence-corrected chi connectivity index (χ2v) is 7.89. The number of anilines is 1. The summed E-state index contributed by atoms with van der Waals surface area (Å²) < 4.78 is 7.44. The summed E-state index contributed by atoms with van der Waals surface area (Å²) in [5.74, 6) is 0.844. The van der Waals surface area contributed by atoms with Crippen molar-refractivity contribution in [3.8, 4) is 11.3 Å². The predicted octanol–water partition coefficient (Wildman–Crippen LogP) is 5.53. The summed E-state index contributed by atoms with van der Waals surface area (Å²) in [5, 5.41) is 0. The quantitative estimate of drug-likeness (QED) is 0.431. The molecule has 158 valence electrons. The van der Waals surface area contributed by atoms with Gasteiger partial charge in [0.2, 0.25) is 0 Å². The van der Waals surface area contributed by atoms with Gasteiger partial charge >= 0.3 is 6.09 Å². The molecule has 2 aromatic heterocycles. The van der Waals surface area contributed by atoms with E-state index in [9.17, 15) is 4.79 Å². The Morgan fingerprint density at radius 2 is 1.81 bits per heavy atom. The van der Waals surface area contributed by atoms with E-state index in [1.165, 1.54) is 10.5 Å². The number of benzene rings is 2. The Labute approximate surface area is 182 Å². The highest BCUT2D eigenvalue weighted by atomic mass is 16.6. The highest BCUT2D eigenvalue weighted by Gasteiger charge is 2.20. The largest absolute Gasteiger partial charge is 0.444 e. The zero-order valence-corrected chi connectivity index (χ0v) is 18.2. The van der Waals surface area contributed by atoms with Crippen molar-refractivity contribution in [3.05, 3.63) is 78.1 Å². The zero-order valence-electron chi connectivity index (χ0n) is 18.2. The lowest BCUT2D eigenvalue weighted by molar-refractivity contribution is 0.148. The van der Waals surface area contributed by atoms with Crippen LogP contribution in [-0.2, 0) is 18.4 Å². The SMILES string of the molecule is CC(C)c1ccccc1-c1nc(N(C)C(=O)OCc2ccccc2)cc2c1ncn2C. The van der Waals surface area contributed by atoms with Gasteiger partial charge in [-0.15, -0.1) is 0 Å². The number of nitrogens with zero attached hydrogens (tertiary/aromatic N) is 4. The summed E-state index contributed by atoms with van der Waals surface area (Å²) in [7, 11) is 3.61. The average Bonchev–Trinajstić information content (AvgIpc) is 3.17. The summed E-state index contributed by atoms with van der Waals surface area (Å²) in [6, 6.07) is 19.7. The number of aryl methyl sites for hydroxylation is 1. The Morgan fingerprint density at radius 1 is 1.10 bits per heavy atom. The monoisotopic (exact) mass is 414 g/mol. The first kappa shape index (κ1) is 20.6. The van der Waals surface area contributed by atoms with Crippen LogP contribution in [0.25, 0.3) is 22.3 Å². The molecule has 0 aliphatic heterocycles. The van der Waals surface area contributed by atoms with Crippen LogP contribution < -0.4 is 4.90 Å². The maximum absolute atomic E-state index is 12.7. The fourth-order valence-electron chi connectivity index (χ4n) is 3.60. The zero-order chi connectivity index (χ0) is 22.0. The number of amides is 1. The molecule has 0 saturated carbocycles. The number of fused-ring (bicyclic) bond motifs is 1. The van der Waals surface area contributed by atoms with E-state index in [0.29, 0.717) is 11.7 Å². The fourth-order valence-corrected chi connectivity index (χ4v) is 3.60. The predicted molar refractivity (Wildman–Crippen MR) is 123 cm³/mol. The van der Waals surface area contributed by atoms with E-state index in [2.05, 4.69) is 31.0 Å². The number of rotatable bonds is 5.